The van der Waals surface area contributed by atoms with Crippen LogP contribution in [0.2, 0.25) is 0 Å². The van der Waals surface area contributed by atoms with Gasteiger partial charge in [-0.15, -0.1) is 0 Å². The van der Waals surface area contributed by atoms with Crippen LogP contribution in [0.3, 0.4) is 0 Å². The van der Waals surface area contributed by atoms with Crippen LogP contribution in [-0.2, 0) is 6.54 Å². The number of nitrogens with zero attached hydrogens (tertiary/aromatic N) is 3. The van der Waals surface area contributed by atoms with Crippen molar-refractivity contribution < 1.29 is 0 Å². The summed E-state index contributed by atoms with van der Waals surface area (Å²) in [5.74, 6) is 0.621. The van der Waals surface area contributed by atoms with Crippen LogP contribution in [0.15, 0.2) is 34.8 Å². The van der Waals surface area contributed by atoms with E-state index in [1.54, 1.807) is 6.07 Å². The number of aromatic nitrogens is 2. The first-order chi connectivity index (χ1) is 9.45. The van der Waals surface area contributed by atoms with Crippen molar-refractivity contribution in [2.75, 3.05) is 11.9 Å². The number of nitrogens with two attached hydrogens (primary N) is 1. The number of thiocarbonyl (C=S) groups is 1. The van der Waals surface area contributed by atoms with Gasteiger partial charge in [0, 0.05) is 23.8 Å². The molecule has 6 heteroatoms. The summed E-state index contributed by atoms with van der Waals surface area (Å²) in [4.78, 5) is 11.1. The van der Waals surface area contributed by atoms with Crippen LogP contribution in [0.5, 0.6) is 0 Å². The Kier molecular flexibility index (Phi) is 4.67. The van der Waals surface area contributed by atoms with Crippen molar-refractivity contribution in [3.8, 4) is 0 Å². The highest BCUT2D eigenvalue weighted by Crippen LogP contribution is 2.15. The Hall–Kier alpha value is -1.53. The number of anilines is 1. The topological polar surface area (TPSA) is 55.0 Å². The van der Waals surface area contributed by atoms with Gasteiger partial charge in [-0.25, -0.2) is 9.97 Å². The van der Waals surface area contributed by atoms with Crippen LogP contribution in [0, 0.1) is 6.92 Å². The second-order valence-electron chi connectivity index (χ2n) is 4.54. The Labute approximate surface area is 132 Å². The maximum absolute atomic E-state index is 5.64. The Bertz CT molecular complexity index is 628. The van der Waals surface area contributed by atoms with E-state index in [-0.39, 0.29) is 4.99 Å². The molecule has 20 heavy (non-hydrogen) atoms. The van der Waals surface area contributed by atoms with E-state index in [4.69, 9.17) is 18.0 Å². The van der Waals surface area contributed by atoms with E-state index in [0.717, 1.165) is 10.2 Å². The molecule has 1 aromatic carbocycles. The monoisotopic (exact) mass is 350 g/mol. The number of hydrogen-bond acceptors (Lipinski definition) is 4. The second-order valence-corrected chi connectivity index (χ2v) is 5.90. The third-order valence-electron chi connectivity index (χ3n) is 2.77. The summed E-state index contributed by atoms with van der Waals surface area (Å²) >= 11 is 8.40. The molecule has 0 radical (unpaired) electrons. The smallest absolute Gasteiger partial charge is 0.226 e. The molecule has 0 bridgehead atoms. The fourth-order valence-electron chi connectivity index (χ4n) is 1.78. The van der Waals surface area contributed by atoms with Gasteiger partial charge in [-0.1, -0.05) is 40.3 Å². The van der Waals surface area contributed by atoms with Gasteiger partial charge >= 0.3 is 0 Å². The van der Waals surface area contributed by atoms with Crippen molar-refractivity contribution in [2.45, 2.75) is 13.5 Å². The Morgan fingerprint density at radius 1 is 1.30 bits per heavy atom. The molecule has 0 aliphatic heterocycles. The summed E-state index contributed by atoms with van der Waals surface area (Å²) in [5, 5.41) is 0. The van der Waals surface area contributed by atoms with Crippen molar-refractivity contribution in [1.29, 1.82) is 0 Å². The maximum Gasteiger partial charge on any atom is 0.226 e. The normalized spacial score (nSPS) is 10.3. The maximum atomic E-state index is 5.64. The van der Waals surface area contributed by atoms with E-state index < -0.39 is 0 Å². The van der Waals surface area contributed by atoms with Gasteiger partial charge in [-0.05, 0) is 30.7 Å². The lowest BCUT2D eigenvalue weighted by Gasteiger charge is -2.18. The number of rotatable bonds is 4. The van der Waals surface area contributed by atoms with Gasteiger partial charge < -0.3 is 10.6 Å². The summed E-state index contributed by atoms with van der Waals surface area (Å²) in [7, 11) is 1.94. The molecule has 2 aromatic rings. The van der Waals surface area contributed by atoms with Crippen LogP contribution in [0.1, 0.15) is 17.0 Å². The molecule has 0 atom stereocenters. The highest BCUT2D eigenvalue weighted by Gasteiger charge is 2.09. The number of hydrogen-bond donors (Lipinski definition) is 1. The van der Waals surface area contributed by atoms with Gasteiger partial charge in [-0.3, -0.25) is 0 Å². The first-order valence-corrected chi connectivity index (χ1v) is 7.27. The largest absolute Gasteiger partial charge is 0.388 e. The molecule has 4 nitrogen and oxygen atoms in total. The van der Waals surface area contributed by atoms with Gasteiger partial charge in [0.15, 0.2) is 0 Å². The van der Waals surface area contributed by atoms with Gasteiger partial charge in [0.1, 0.15) is 10.7 Å². The highest BCUT2D eigenvalue weighted by atomic mass is 79.9. The molecule has 104 valence electrons. The van der Waals surface area contributed by atoms with E-state index in [9.17, 15) is 0 Å². The molecule has 0 saturated heterocycles. The predicted molar refractivity (Wildman–Crippen MR) is 88.9 cm³/mol. The van der Waals surface area contributed by atoms with E-state index >= 15 is 0 Å². The van der Waals surface area contributed by atoms with E-state index in [1.807, 2.05) is 31.0 Å². The SMILES string of the molecule is Cc1cc(C(N)=S)nc(N(C)Cc2ccc(Br)cc2)n1. The predicted octanol–water partition coefficient (Wildman–Crippen LogP) is 2.82. The molecule has 0 amide bonds. The van der Waals surface area contributed by atoms with Crippen molar-refractivity contribution in [2.24, 2.45) is 5.73 Å². The molecule has 2 rings (SSSR count). The average Bonchev–Trinajstić information content (AvgIpc) is 2.40. The van der Waals surface area contributed by atoms with E-state index in [1.165, 1.54) is 5.56 Å². The Morgan fingerprint density at radius 3 is 2.55 bits per heavy atom. The van der Waals surface area contributed by atoms with Crippen molar-refractivity contribution in [3.05, 3.63) is 51.8 Å². The highest BCUT2D eigenvalue weighted by molar-refractivity contribution is 9.10. The average molecular weight is 351 g/mol. The van der Waals surface area contributed by atoms with Crippen LogP contribution < -0.4 is 10.6 Å². The lowest BCUT2D eigenvalue weighted by Crippen LogP contribution is -2.22. The van der Waals surface area contributed by atoms with Gasteiger partial charge in [-0.2, -0.15) is 0 Å². The van der Waals surface area contributed by atoms with Crippen LogP contribution in [0.25, 0.3) is 0 Å². The lowest BCUT2D eigenvalue weighted by atomic mass is 10.2. The van der Waals surface area contributed by atoms with Crippen LogP contribution >= 0.6 is 28.1 Å². The summed E-state index contributed by atoms with van der Waals surface area (Å²) in [6.45, 7) is 2.62. The molecule has 0 aliphatic carbocycles. The summed E-state index contributed by atoms with van der Waals surface area (Å²) in [5.41, 5.74) is 8.27. The molecule has 1 heterocycles. The zero-order valence-corrected chi connectivity index (χ0v) is 13.7. The van der Waals surface area contributed by atoms with E-state index in [2.05, 4.69) is 38.0 Å². The fourth-order valence-corrected chi connectivity index (χ4v) is 2.15. The molecule has 2 N–H and O–H groups in total. The van der Waals surface area contributed by atoms with Crippen molar-refractivity contribution >= 4 is 39.1 Å². The first-order valence-electron chi connectivity index (χ1n) is 6.07. The minimum absolute atomic E-state index is 0.286. The Balaban J connectivity index is 2.22. The molecule has 0 saturated carbocycles. The third kappa shape index (κ3) is 3.74. The van der Waals surface area contributed by atoms with Crippen LogP contribution in [-0.4, -0.2) is 22.0 Å². The zero-order valence-electron chi connectivity index (χ0n) is 11.3. The minimum Gasteiger partial charge on any atom is -0.388 e. The molecular formula is C14H15BrN4S. The molecule has 0 spiro atoms. The molecule has 0 fully saturated rings. The number of halogens is 1. The summed E-state index contributed by atoms with van der Waals surface area (Å²) in [6, 6.07) is 9.94. The molecule has 1 aromatic heterocycles. The zero-order chi connectivity index (χ0) is 14.7. The fraction of sp³-hybridized carbons (Fsp3) is 0.214. The minimum atomic E-state index is 0.286. The van der Waals surface area contributed by atoms with Crippen molar-refractivity contribution in [1.82, 2.24) is 9.97 Å². The quantitative estimate of drug-likeness (QED) is 0.859. The molecule has 0 unspecified atom stereocenters. The van der Waals surface area contributed by atoms with Gasteiger partial charge in [0.25, 0.3) is 0 Å². The number of aryl methyl sites for hydroxylation is 1. The standard InChI is InChI=1S/C14H15BrN4S/c1-9-7-12(13(16)20)18-14(17-9)19(2)8-10-3-5-11(15)6-4-10/h3-7H,8H2,1-2H3,(H2,16,20). The molecular weight excluding hydrogens is 336 g/mol. The lowest BCUT2D eigenvalue weighted by molar-refractivity contribution is 0.857. The van der Waals surface area contributed by atoms with Gasteiger partial charge in [0.2, 0.25) is 5.95 Å². The van der Waals surface area contributed by atoms with E-state index in [0.29, 0.717) is 18.2 Å². The van der Waals surface area contributed by atoms with Crippen LogP contribution in [0.4, 0.5) is 5.95 Å². The summed E-state index contributed by atoms with van der Waals surface area (Å²) in [6.07, 6.45) is 0. The van der Waals surface area contributed by atoms with Crippen molar-refractivity contribution in [3.63, 3.8) is 0 Å². The first kappa shape index (κ1) is 14.9. The second kappa shape index (κ2) is 6.28. The number of benzene rings is 1. The Morgan fingerprint density at radius 2 is 1.95 bits per heavy atom. The molecule has 0 aliphatic rings. The van der Waals surface area contributed by atoms with Gasteiger partial charge in [0.05, 0.1) is 0 Å². The third-order valence-corrected chi connectivity index (χ3v) is 3.51. The summed E-state index contributed by atoms with van der Waals surface area (Å²) < 4.78 is 1.06.